The molecule has 8 N–H and O–H groups in total. The fourth-order valence-corrected chi connectivity index (χ4v) is 10.8. The second-order valence-corrected chi connectivity index (χ2v) is 17.9. The Bertz CT molecular complexity index is 2530. The highest BCUT2D eigenvalue weighted by Gasteiger charge is 2.55. The number of methoxy groups -OCH3 is 1. The van der Waals surface area contributed by atoms with Gasteiger partial charge in [-0.15, -0.1) is 23.1 Å². The Morgan fingerprint density at radius 2 is 1.77 bits per heavy atom. The number of ketones is 3. The van der Waals surface area contributed by atoms with Crippen LogP contribution in [0, 0.1) is 0 Å². The SMILES string of the molecule is COc1cccc2c1C(=O)c1c(O)c3c(c(O)c1C2=O)C[C@@](O)(C(=O)CO)C[C@@H]3OC1CC(NC(=O)OCC2=C(C(=O)O)N3C(=O)[C@@H](NC(=O)Cc4cccs4)[C@H]3SC2)C(O)C(C)O1. The van der Waals surface area contributed by atoms with Crippen LogP contribution in [-0.4, -0.2) is 144 Å². The number of nitrogens with one attached hydrogen (secondary N) is 2. The Hall–Kier alpha value is -5.88. The van der Waals surface area contributed by atoms with E-state index in [0.717, 1.165) is 9.78 Å². The summed E-state index contributed by atoms with van der Waals surface area (Å²) in [4.78, 5) is 93.9. The minimum Gasteiger partial charge on any atom is -0.507 e. The number of Topliss-reactive ketones (excluding diaryl/α,β-unsaturated/α-hetero) is 1. The van der Waals surface area contributed by atoms with E-state index in [4.69, 9.17) is 18.9 Å². The molecule has 0 spiro atoms. The van der Waals surface area contributed by atoms with Crippen LogP contribution in [0.25, 0.3) is 0 Å². The number of aliphatic hydroxyl groups is 3. The molecular weight excluding hydrogens is 883 g/mol. The highest BCUT2D eigenvalue weighted by atomic mass is 32.2. The molecule has 2 fully saturated rings. The number of aromatic hydroxyl groups is 2. The molecule has 2 aliphatic carbocycles. The molecule has 20 nitrogen and oxygen atoms in total. The van der Waals surface area contributed by atoms with Crippen molar-refractivity contribution >= 4 is 64.3 Å². The summed E-state index contributed by atoms with van der Waals surface area (Å²) >= 11 is 2.55. The molecule has 3 aliphatic heterocycles. The third-order valence-electron chi connectivity index (χ3n) is 11.9. The first kappa shape index (κ1) is 44.7. The lowest BCUT2D eigenvalue weighted by Gasteiger charge is -2.49. The van der Waals surface area contributed by atoms with E-state index in [1.54, 1.807) is 12.1 Å². The van der Waals surface area contributed by atoms with Gasteiger partial charge in [0.15, 0.2) is 17.9 Å². The Balaban J connectivity index is 0.990. The van der Waals surface area contributed by atoms with Crippen LogP contribution in [0.3, 0.4) is 0 Å². The number of carboxylic acid groups (broad SMARTS) is 1. The van der Waals surface area contributed by atoms with Gasteiger partial charge < -0.3 is 60.2 Å². The number of ether oxygens (including phenoxy) is 4. The predicted molar refractivity (Wildman–Crippen MR) is 220 cm³/mol. The summed E-state index contributed by atoms with van der Waals surface area (Å²) in [5, 5.41) is 72.2. The summed E-state index contributed by atoms with van der Waals surface area (Å²) in [6.45, 7) is -0.259. The molecule has 1 aromatic heterocycles. The van der Waals surface area contributed by atoms with Crippen molar-refractivity contribution in [2.24, 2.45) is 0 Å². The molecule has 2 saturated heterocycles. The molecule has 2 aromatic carbocycles. The second-order valence-electron chi connectivity index (χ2n) is 15.8. The maximum absolute atomic E-state index is 14.0. The number of thiophene rings is 1. The number of β-lactam (4-membered cyclic amide) rings is 1. The monoisotopic (exact) mass is 923 g/mol. The third-order valence-corrected chi connectivity index (χ3v) is 14.1. The minimum atomic E-state index is -2.42. The van der Waals surface area contributed by atoms with Gasteiger partial charge in [-0.1, -0.05) is 18.2 Å². The number of rotatable bonds is 12. The maximum atomic E-state index is 14.0. The highest BCUT2D eigenvalue weighted by molar-refractivity contribution is 8.00. The van der Waals surface area contributed by atoms with E-state index in [1.807, 2.05) is 5.38 Å². The molecule has 5 aliphatic rings. The number of carboxylic acids is 1. The van der Waals surface area contributed by atoms with Gasteiger partial charge in [-0.3, -0.25) is 28.9 Å². The van der Waals surface area contributed by atoms with Gasteiger partial charge in [0.05, 0.1) is 48.5 Å². The summed E-state index contributed by atoms with van der Waals surface area (Å²) < 4.78 is 22.8. The Morgan fingerprint density at radius 3 is 2.45 bits per heavy atom. The largest absolute Gasteiger partial charge is 0.507 e. The molecule has 4 unspecified atom stereocenters. The number of alkyl carbamates (subject to hydrolysis) is 1. The van der Waals surface area contributed by atoms with Crippen molar-refractivity contribution in [1.29, 1.82) is 0 Å². The quantitative estimate of drug-likeness (QED) is 0.0720. The topological polar surface area (TPSA) is 305 Å². The number of amides is 3. The fourth-order valence-electron chi connectivity index (χ4n) is 8.79. The van der Waals surface area contributed by atoms with Crippen LogP contribution < -0.4 is 15.4 Å². The van der Waals surface area contributed by atoms with Gasteiger partial charge in [0.25, 0.3) is 5.91 Å². The van der Waals surface area contributed by atoms with Gasteiger partial charge >= 0.3 is 12.1 Å². The summed E-state index contributed by atoms with van der Waals surface area (Å²) in [6, 6.07) is 5.66. The number of nitrogens with zero attached hydrogens (tertiary/aromatic N) is 1. The van der Waals surface area contributed by atoms with Crippen molar-refractivity contribution in [2.75, 3.05) is 26.1 Å². The number of carbonyl (C=O) groups excluding carboxylic acids is 6. The number of hydrogen-bond donors (Lipinski definition) is 8. The third kappa shape index (κ3) is 7.67. The van der Waals surface area contributed by atoms with Crippen molar-refractivity contribution in [1.82, 2.24) is 15.5 Å². The Labute approximate surface area is 370 Å². The maximum Gasteiger partial charge on any atom is 0.407 e. The number of aliphatic hydroxyl groups excluding tert-OH is 2. The van der Waals surface area contributed by atoms with Crippen molar-refractivity contribution < 1.29 is 83.1 Å². The summed E-state index contributed by atoms with van der Waals surface area (Å²) in [5.41, 5.74) is -4.77. The van der Waals surface area contributed by atoms with E-state index in [-0.39, 0.29) is 52.2 Å². The zero-order chi connectivity index (χ0) is 45.9. The standard InChI is InChI=1S/C42H41N3O17S2/c1-16-33(49)21(43-41(57)60-14-17-15-64-39-31(38(54)45(39)32(17)40(55)56)44-25(48)9-18-5-4-8-63-18)10-26(61-16)62-23-12-42(58,24(47)13-46)11-20-28(23)37(53)30-29(35(20)51)34(50)19-6-3-7-22(59-2)27(19)36(30)52/h3-8,16,21,23,26,31,33,39,46,49,51,53,58H,9-15H2,1-2H3,(H,43,57)(H,44,48)(H,55,56)/t16?,21?,23-,26?,31+,33?,39+,42-/m0/s1. The average Bonchev–Trinajstić information content (AvgIpc) is 3.78. The lowest BCUT2D eigenvalue weighted by atomic mass is 9.72. The molecule has 338 valence electrons. The van der Waals surface area contributed by atoms with Gasteiger partial charge in [0, 0.05) is 52.2 Å². The van der Waals surface area contributed by atoms with Gasteiger partial charge in [0.2, 0.25) is 11.7 Å². The molecule has 64 heavy (non-hydrogen) atoms. The summed E-state index contributed by atoms with van der Waals surface area (Å²) in [6.07, 6.45) is -8.14. The van der Waals surface area contributed by atoms with Crippen molar-refractivity contribution in [3.63, 3.8) is 0 Å². The molecule has 0 radical (unpaired) electrons. The zero-order valence-corrected chi connectivity index (χ0v) is 35.5. The fraction of sp³-hybridized carbons (Fsp3) is 0.405. The van der Waals surface area contributed by atoms with Crippen LogP contribution in [0.2, 0.25) is 0 Å². The van der Waals surface area contributed by atoms with Crippen LogP contribution >= 0.6 is 23.1 Å². The molecule has 22 heteroatoms. The van der Waals surface area contributed by atoms with Crippen LogP contribution in [0.5, 0.6) is 17.2 Å². The number of thioether (sulfide) groups is 1. The molecule has 8 atom stereocenters. The summed E-state index contributed by atoms with van der Waals surface area (Å²) in [5.74, 6) is -6.85. The van der Waals surface area contributed by atoms with E-state index < -0.39 is 143 Å². The van der Waals surface area contributed by atoms with E-state index in [2.05, 4.69) is 10.6 Å². The minimum absolute atomic E-state index is 0.0199. The first-order valence-corrected chi connectivity index (χ1v) is 21.8. The van der Waals surface area contributed by atoms with Crippen LogP contribution in [-0.2, 0) is 46.2 Å². The molecule has 0 saturated carbocycles. The van der Waals surface area contributed by atoms with Crippen molar-refractivity contribution in [2.45, 2.75) is 80.3 Å². The zero-order valence-electron chi connectivity index (χ0n) is 33.9. The number of fused-ring (bicyclic) bond motifs is 4. The first-order valence-electron chi connectivity index (χ1n) is 19.8. The van der Waals surface area contributed by atoms with Gasteiger partial charge in [-0.25, -0.2) is 9.59 Å². The second kappa shape index (κ2) is 17.3. The number of benzene rings is 2. The first-order chi connectivity index (χ1) is 30.5. The lowest BCUT2D eigenvalue weighted by molar-refractivity contribution is -0.249. The lowest BCUT2D eigenvalue weighted by Crippen LogP contribution is -2.70. The van der Waals surface area contributed by atoms with Gasteiger partial charge in [-0.2, -0.15) is 0 Å². The van der Waals surface area contributed by atoms with Crippen LogP contribution in [0.1, 0.15) is 73.7 Å². The van der Waals surface area contributed by atoms with Crippen LogP contribution in [0.4, 0.5) is 4.79 Å². The Kier molecular flexibility index (Phi) is 12.1. The molecule has 3 amide bonds. The summed E-state index contributed by atoms with van der Waals surface area (Å²) in [7, 11) is 1.28. The molecule has 0 bridgehead atoms. The normalized spacial score (nSPS) is 27.0. The number of hydrogen-bond acceptors (Lipinski definition) is 18. The van der Waals surface area contributed by atoms with Crippen molar-refractivity contribution in [3.05, 3.63) is 85.2 Å². The highest BCUT2D eigenvalue weighted by Crippen LogP contribution is 2.52. The molecule has 8 rings (SSSR count). The number of phenolic OH excluding ortho intramolecular Hbond substituents is 2. The molecule has 4 heterocycles. The van der Waals surface area contributed by atoms with Crippen LogP contribution in [0.15, 0.2) is 47.0 Å². The van der Waals surface area contributed by atoms with E-state index >= 15 is 0 Å². The molecular formula is C42H41N3O17S2. The van der Waals surface area contributed by atoms with E-state index in [0.29, 0.717) is 0 Å². The molecule has 3 aromatic rings. The number of phenols is 2. The Morgan fingerprint density at radius 1 is 1.02 bits per heavy atom. The van der Waals surface area contributed by atoms with Gasteiger partial charge in [0.1, 0.15) is 59.3 Å². The van der Waals surface area contributed by atoms with Crippen molar-refractivity contribution in [3.8, 4) is 17.2 Å². The predicted octanol–water partition coefficient (Wildman–Crippen LogP) is 0.812. The smallest absolute Gasteiger partial charge is 0.407 e. The number of carbonyl (C=O) groups is 7. The number of aliphatic carboxylic acids is 1. The average molecular weight is 924 g/mol. The van der Waals surface area contributed by atoms with E-state index in [9.17, 15) is 64.2 Å². The van der Waals surface area contributed by atoms with E-state index in [1.165, 1.54) is 55.3 Å². The van der Waals surface area contributed by atoms with Gasteiger partial charge in [-0.05, 0) is 24.4 Å².